The molecule has 11 aromatic rings. The molecule has 0 amide bonds. The molecule has 10 heterocycles. The Kier molecular flexibility index (Phi) is 44.7. The largest absolute Gasteiger partial charge is 0.472 e. The maximum Gasteiger partial charge on any atom is 0.130 e. The van der Waals surface area contributed by atoms with E-state index in [-0.39, 0.29) is 0 Å². The molecule has 0 aliphatic rings. The summed E-state index contributed by atoms with van der Waals surface area (Å²) in [5.41, 5.74) is 9.29. The van der Waals surface area contributed by atoms with E-state index < -0.39 is 0 Å². The Labute approximate surface area is 565 Å². The maximum absolute atomic E-state index is 5.09. The van der Waals surface area contributed by atoms with Crippen LogP contribution in [0.4, 0.5) is 0 Å². The van der Waals surface area contributed by atoms with Crippen LogP contribution in [0, 0.1) is 0 Å². The van der Waals surface area contributed by atoms with Crippen molar-refractivity contribution in [2.45, 2.75) is 218 Å². The van der Waals surface area contributed by atoms with E-state index in [2.05, 4.69) is 264 Å². The van der Waals surface area contributed by atoms with Crippen LogP contribution in [-0.4, -0.2) is 39.7 Å². The first-order chi connectivity index (χ1) is 43.8. The Morgan fingerprint density at radius 1 is 0.424 bits per heavy atom. The Hall–Kier alpha value is -7.67. The van der Waals surface area contributed by atoms with Crippen LogP contribution in [0.1, 0.15) is 273 Å². The normalized spacial score (nSPS) is 10.3. The van der Waals surface area contributed by atoms with E-state index in [0.29, 0.717) is 65.2 Å². The van der Waals surface area contributed by atoms with Gasteiger partial charge >= 0.3 is 0 Å². The average Bonchev–Trinajstić information content (AvgIpc) is 4.59. The van der Waals surface area contributed by atoms with Gasteiger partial charge < -0.3 is 18.8 Å². The molecular formula is C80H116N8O2S2. The third-order valence-electron chi connectivity index (χ3n) is 13.4. The van der Waals surface area contributed by atoms with Gasteiger partial charge in [-0.2, -0.15) is 16.4 Å². The number of nitrogens with one attached hydrogen (secondary N) is 2. The summed E-state index contributed by atoms with van der Waals surface area (Å²) in [6.45, 7) is 47.5. The fraction of sp³-hybridized carbons (Fsp3) is 0.412. The number of pyridine rings is 2. The molecule has 0 saturated heterocycles. The summed E-state index contributed by atoms with van der Waals surface area (Å²) in [6.07, 6.45) is 24.0. The van der Waals surface area contributed by atoms with Crippen LogP contribution in [0.5, 0.6) is 0 Å². The van der Waals surface area contributed by atoms with Crippen LogP contribution < -0.4 is 0 Å². The van der Waals surface area contributed by atoms with Crippen molar-refractivity contribution in [3.8, 4) is 0 Å². The van der Waals surface area contributed by atoms with E-state index in [1.165, 1.54) is 38.4 Å². The first-order valence-electron chi connectivity index (χ1n) is 32.8. The van der Waals surface area contributed by atoms with Gasteiger partial charge in [-0.25, -0.2) is 9.97 Å². The first-order valence-corrected chi connectivity index (χ1v) is 34.7. The van der Waals surface area contributed by atoms with Crippen molar-refractivity contribution in [2.24, 2.45) is 0 Å². The van der Waals surface area contributed by atoms with E-state index in [9.17, 15) is 0 Å². The zero-order valence-corrected chi connectivity index (χ0v) is 61.7. The van der Waals surface area contributed by atoms with Crippen molar-refractivity contribution < 1.29 is 8.83 Å². The minimum Gasteiger partial charge on any atom is -0.472 e. The van der Waals surface area contributed by atoms with Crippen molar-refractivity contribution in [1.82, 2.24) is 39.7 Å². The van der Waals surface area contributed by atoms with Gasteiger partial charge in [0.15, 0.2) is 0 Å². The lowest BCUT2D eigenvalue weighted by Crippen LogP contribution is -1.99. The average molecular weight is 1290 g/mol. The smallest absolute Gasteiger partial charge is 0.130 e. The summed E-state index contributed by atoms with van der Waals surface area (Å²) in [7, 11) is 0. The van der Waals surface area contributed by atoms with E-state index in [4.69, 9.17) is 8.83 Å². The van der Waals surface area contributed by atoms with E-state index in [1.807, 2.05) is 120 Å². The maximum atomic E-state index is 5.09. The minimum atomic E-state index is 0.436. The number of rotatable bonds is 11. The molecular weight excluding hydrogens is 1170 g/mol. The molecule has 0 spiro atoms. The number of H-pyrrole nitrogens is 2. The molecule has 12 heteroatoms. The summed E-state index contributed by atoms with van der Waals surface area (Å²) >= 11 is 3.60. The standard InChI is InChI=1S/C9H12.2C8H11N.C7H10N2.2C7H11N.2C7H10O.2C7H10S.C6H10N2/c1-8(2)9-6-4-3-5-7-9;1-7(2)8-4-3-5-9-6-8;1-7(2)8-5-3-4-6-9-8;1-6(2)7-8-4-3-5-9-7;1-6(2)7-3-4-8-5-7;1-6(2)7-4-3-5-8-7;1-6(2)7-3-4-8-5-7;1-6(2)7-4-3-5-8-7;1-6(2)7-3-4-8-5-7;1-6(2)7-4-3-5-8-7;1-6(2)8-5-3-4-7-8/h3-8H,1-2H3;2*3-7H,1-2H3;3-6H,1-2H3;2*3-6,8H,1-2H3;5*3-6H,1-2H3. The van der Waals surface area contributed by atoms with Gasteiger partial charge in [-0.05, 0) is 184 Å². The van der Waals surface area contributed by atoms with Crippen molar-refractivity contribution in [3.63, 3.8) is 0 Å². The number of nitrogens with zero attached hydrogens (tertiary/aromatic N) is 6. The number of hydrogen-bond donors (Lipinski definition) is 2. The van der Waals surface area contributed by atoms with E-state index in [1.54, 1.807) is 54.9 Å². The number of thiophene rings is 2. The van der Waals surface area contributed by atoms with Gasteiger partial charge in [-0.3, -0.25) is 14.6 Å². The van der Waals surface area contributed by atoms with Crippen LogP contribution in [0.2, 0.25) is 0 Å². The summed E-state index contributed by atoms with van der Waals surface area (Å²) in [5, 5.41) is 10.5. The first kappa shape index (κ1) is 82.3. The van der Waals surface area contributed by atoms with Crippen LogP contribution in [0.25, 0.3) is 0 Å². The molecule has 0 bridgehead atoms. The fourth-order valence-corrected chi connectivity index (χ4v) is 8.88. The zero-order valence-electron chi connectivity index (χ0n) is 60.0. The van der Waals surface area contributed by atoms with E-state index >= 15 is 0 Å². The lowest BCUT2D eigenvalue weighted by atomic mass is 10.0. The Bertz CT molecular complexity index is 2640. The van der Waals surface area contributed by atoms with Crippen molar-refractivity contribution >= 4 is 22.7 Å². The molecule has 0 unspecified atom stereocenters. The molecule has 11 rings (SSSR count). The topological polar surface area (TPSA) is 127 Å². The van der Waals surface area contributed by atoms with Gasteiger partial charge in [0.25, 0.3) is 0 Å². The monoisotopic (exact) mass is 1280 g/mol. The lowest BCUT2D eigenvalue weighted by molar-refractivity contribution is 0.487. The number of aromatic amines is 2. The summed E-state index contributed by atoms with van der Waals surface area (Å²) < 4.78 is 11.9. The quantitative estimate of drug-likeness (QED) is 0.132. The minimum absolute atomic E-state index is 0.436. The molecule has 10 aromatic heterocycles. The fourth-order valence-electron chi connectivity index (χ4n) is 7.31. The summed E-state index contributed by atoms with van der Waals surface area (Å²) in [6, 6.07) is 43.4. The van der Waals surface area contributed by atoms with Crippen molar-refractivity contribution in [1.29, 1.82) is 0 Å². The zero-order chi connectivity index (χ0) is 68.6. The summed E-state index contributed by atoms with van der Waals surface area (Å²) in [5.74, 6) is 8.01. The number of furan rings is 2. The van der Waals surface area contributed by atoms with Gasteiger partial charge in [0.1, 0.15) is 11.6 Å². The molecule has 92 heavy (non-hydrogen) atoms. The molecule has 0 fully saturated rings. The second-order valence-corrected chi connectivity index (χ2v) is 26.9. The highest BCUT2D eigenvalue weighted by molar-refractivity contribution is 7.10. The molecule has 0 aliphatic carbocycles. The van der Waals surface area contributed by atoms with Crippen LogP contribution in [0.15, 0.2) is 233 Å². The molecule has 0 radical (unpaired) electrons. The number of benzene rings is 1. The van der Waals surface area contributed by atoms with Gasteiger partial charge in [0, 0.05) is 96.1 Å². The predicted molar refractivity (Wildman–Crippen MR) is 398 cm³/mol. The van der Waals surface area contributed by atoms with Gasteiger partial charge in [0.2, 0.25) is 0 Å². The van der Waals surface area contributed by atoms with Crippen LogP contribution in [0.3, 0.4) is 0 Å². The van der Waals surface area contributed by atoms with Crippen molar-refractivity contribution in [3.05, 3.63) is 280 Å². The second-order valence-electron chi connectivity index (χ2n) is 25.1. The highest BCUT2D eigenvalue weighted by atomic mass is 32.1. The summed E-state index contributed by atoms with van der Waals surface area (Å²) in [4.78, 5) is 23.9. The van der Waals surface area contributed by atoms with Gasteiger partial charge in [-0.15, -0.1) is 11.3 Å². The molecule has 0 aliphatic heterocycles. The molecule has 10 nitrogen and oxygen atoms in total. The van der Waals surface area contributed by atoms with Gasteiger partial charge in [-0.1, -0.05) is 187 Å². The Morgan fingerprint density at radius 3 is 1.35 bits per heavy atom. The third kappa shape index (κ3) is 39.6. The highest BCUT2D eigenvalue weighted by Crippen LogP contribution is 2.20. The van der Waals surface area contributed by atoms with Crippen molar-refractivity contribution in [2.75, 3.05) is 0 Å². The molecule has 0 saturated carbocycles. The highest BCUT2D eigenvalue weighted by Gasteiger charge is 2.02. The number of hydrogen-bond acceptors (Lipinski definition) is 9. The molecule has 2 N–H and O–H groups in total. The lowest BCUT2D eigenvalue weighted by Gasteiger charge is -2.01. The Morgan fingerprint density at radius 2 is 1.07 bits per heavy atom. The van der Waals surface area contributed by atoms with Gasteiger partial charge in [0.05, 0.1) is 18.8 Å². The third-order valence-corrected chi connectivity index (χ3v) is 15.3. The Balaban J connectivity index is 0.000000506. The van der Waals surface area contributed by atoms with Crippen LogP contribution in [-0.2, 0) is 0 Å². The molecule has 0 atom stereocenters. The number of aromatic nitrogens is 8. The van der Waals surface area contributed by atoms with E-state index in [0.717, 1.165) is 17.3 Å². The van der Waals surface area contributed by atoms with Crippen LogP contribution >= 0.6 is 22.7 Å². The molecule has 1 aromatic carbocycles. The molecule has 500 valence electrons. The second kappa shape index (κ2) is 50.0. The predicted octanol–water partition coefficient (Wildman–Crippen LogP) is 25.1. The SMILES string of the molecule is CC(C)c1cc[nH]c1.CC(C)c1ccc[nH]1.CC(C)c1ccccc1.CC(C)c1ccccn1.CC(C)c1cccnc1.CC(C)c1ccco1.CC(C)c1cccs1.CC(C)c1ccoc1.CC(C)c1ccsc1.CC(C)c1ncccn1.CC(C)n1cccn1.